The van der Waals surface area contributed by atoms with Crippen LogP contribution in [0.1, 0.15) is 38.8 Å². The third kappa shape index (κ3) is 3.50. The first kappa shape index (κ1) is 14.8. The van der Waals surface area contributed by atoms with Gasteiger partial charge in [-0.1, -0.05) is 36.7 Å². The second-order valence-electron chi connectivity index (χ2n) is 6.02. The highest BCUT2D eigenvalue weighted by Crippen LogP contribution is 2.26. The number of rotatable bonds is 3. The number of nitrogens with zero attached hydrogens (tertiary/aromatic N) is 1. The van der Waals surface area contributed by atoms with Gasteiger partial charge in [-0.05, 0) is 44.9 Å². The number of nitrogens with one attached hydrogen (secondary N) is 1. The quantitative estimate of drug-likeness (QED) is 0.908. The molecule has 0 bridgehead atoms. The van der Waals surface area contributed by atoms with E-state index in [2.05, 4.69) is 50.2 Å². The normalized spacial score (nSPS) is 30.3. The van der Waals surface area contributed by atoms with E-state index in [1.165, 1.54) is 12.0 Å². The Bertz CT molecular complexity index is 421. The van der Waals surface area contributed by atoms with E-state index in [1.54, 1.807) is 0 Å². The van der Waals surface area contributed by atoms with Crippen LogP contribution < -0.4 is 5.32 Å². The average Bonchev–Trinajstić information content (AvgIpc) is 2.36. The van der Waals surface area contributed by atoms with Gasteiger partial charge in [0.05, 0.1) is 0 Å². The molecule has 0 aliphatic carbocycles. The van der Waals surface area contributed by atoms with Crippen LogP contribution >= 0.6 is 11.6 Å². The fourth-order valence-electron chi connectivity index (χ4n) is 3.01. The second kappa shape index (κ2) is 6.25. The Labute approximate surface area is 122 Å². The largest absolute Gasteiger partial charge is 0.307 e. The van der Waals surface area contributed by atoms with Gasteiger partial charge in [-0.25, -0.2) is 0 Å². The molecule has 4 atom stereocenters. The maximum Gasteiger partial charge on any atom is 0.0453 e. The highest BCUT2D eigenvalue weighted by Gasteiger charge is 2.29. The number of likely N-dealkylation sites (tertiary alicyclic amines) is 1. The standard InChI is InChI=1S/C16H25ClN2/c1-11-10-19(4)12(2)9-16(11)18-13(3)14-7-5-6-8-15(14)17/h5-8,11-13,16,18H,9-10H2,1-4H3/t11?,12?,13-,16?/m0/s1. The minimum Gasteiger partial charge on any atom is -0.307 e. The zero-order valence-corrected chi connectivity index (χ0v) is 13.1. The summed E-state index contributed by atoms with van der Waals surface area (Å²) in [5.41, 5.74) is 1.20. The molecule has 1 N–H and O–H groups in total. The van der Waals surface area contributed by atoms with Gasteiger partial charge in [-0.2, -0.15) is 0 Å². The van der Waals surface area contributed by atoms with E-state index in [0.717, 1.165) is 11.6 Å². The van der Waals surface area contributed by atoms with Crippen molar-refractivity contribution in [2.75, 3.05) is 13.6 Å². The molecule has 0 spiro atoms. The highest BCUT2D eigenvalue weighted by atomic mass is 35.5. The molecule has 1 saturated heterocycles. The van der Waals surface area contributed by atoms with Crippen molar-refractivity contribution in [3.05, 3.63) is 34.9 Å². The monoisotopic (exact) mass is 280 g/mol. The van der Waals surface area contributed by atoms with Gasteiger partial charge in [-0.15, -0.1) is 0 Å². The van der Waals surface area contributed by atoms with Gasteiger partial charge in [0.2, 0.25) is 0 Å². The molecular weight excluding hydrogens is 256 g/mol. The second-order valence-corrected chi connectivity index (χ2v) is 6.43. The third-order valence-electron chi connectivity index (χ3n) is 4.45. The zero-order chi connectivity index (χ0) is 14.0. The Hall–Kier alpha value is -0.570. The minimum atomic E-state index is 0.303. The van der Waals surface area contributed by atoms with Gasteiger partial charge in [0.1, 0.15) is 0 Å². The van der Waals surface area contributed by atoms with Gasteiger partial charge < -0.3 is 10.2 Å². The maximum absolute atomic E-state index is 6.28. The van der Waals surface area contributed by atoms with Crippen molar-refractivity contribution in [3.63, 3.8) is 0 Å². The molecule has 3 heteroatoms. The molecule has 0 radical (unpaired) electrons. The predicted molar refractivity (Wildman–Crippen MR) is 82.7 cm³/mol. The van der Waals surface area contributed by atoms with Gasteiger partial charge >= 0.3 is 0 Å². The van der Waals surface area contributed by atoms with Crippen LogP contribution in [0.4, 0.5) is 0 Å². The van der Waals surface area contributed by atoms with Crippen LogP contribution in [0.15, 0.2) is 24.3 Å². The molecule has 1 heterocycles. The summed E-state index contributed by atoms with van der Waals surface area (Å²) in [4.78, 5) is 2.45. The van der Waals surface area contributed by atoms with E-state index < -0.39 is 0 Å². The molecule has 1 aromatic rings. The van der Waals surface area contributed by atoms with E-state index >= 15 is 0 Å². The van der Waals surface area contributed by atoms with Crippen molar-refractivity contribution in [2.24, 2.45) is 5.92 Å². The Morgan fingerprint density at radius 1 is 1.32 bits per heavy atom. The van der Waals surface area contributed by atoms with Crippen molar-refractivity contribution >= 4 is 11.6 Å². The molecule has 1 fully saturated rings. The van der Waals surface area contributed by atoms with E-state index in [1.807, 2.05) is 12.1 Å². The molecule has 0 aromatic heterocycles. The molecular formula is C16H25ClN2. The number of hydrogen-bond acceptors (Lipinski definition) is 2. The fourth-order valence-corrected chi connectivity index (χ4v) is 3.31. The lowest BCUT2D eigenvalue weighted by Gasteiger charge is -2.41. The lowest BCUT2D eigenvalue weighted by atomic mass is 9.89. The van der Waals surface area contributed by atoms with Crippen molar-refractivity contribution in [1.29, 1.82) is 0 Å². The van der Waals surface area contributed by atoms with Crippen molar-refractivity contribution in [2.45, 2.75) is 45.3 Å². The summed E-state index contributed by atoms with van der Waals surface area (Å²) in [5, 5.41) is 4.62. The molecule has 2 rings (SSSR count). The van der Waals surface area contributed by atoms with E-state index in [9.17, 15) is 0 Å². The Balaban J connectivity index is 2.03. The lowest BCUT2D eigenvalue weighted by Crippen LogP contribution is -2.51. The fraction of sp³-hybridized carbons (Fsp3) is 0.625. The predicted octanol–water partition coefficient (Wildman–Crippen LogP) is 3.72. The van der Waals surface area contributed by atoms with Crippen LogP contribution in [-0.2, 0) is 0 Å². The van der Waals surface area contributed by atoms with Crippen molar-refractivity contribution < 1.29 is 0 Å². The van der Waals surface area contributed by atoms with E-state index in [0.29, 0.717) is 24.0 Å². The average molecular weight is 281 g/mol. The molecule has 3 unspecified atom stereocenters. The Kier molecular flexibility index (Phi) is 4.88. The first-order valence-corrected chi connectivity index (χ1v) is 7.57. The molecule has 1 aliphatic heterocycles. The number of benzene rings is 1. The lowest BCUT2D eigenvalue weighted by molar-refractivity contribution is 0.116. The van der Waals surface area contributed by atoms with E-state index in [-0.39, 0.29) is 0 Å². The summed E-state index contributed by atoms with van der Waals surface area (Å²) in [6, 6.07) is 9.64. The van der Waals surface area contributed by atoms with Crippen LogP contribution in [0.3, 0.4) is 0 Å². The van der Waals surface area contributed by atoms with Crippen molar-refractivity contribution in [3.8, 4) is 0 Å². The molecule has 106 valence electrons. The molecule has 2 nitrogen and oxygen atoms in total. The summed E-state index contributed by atoms with van der Waals surface area (Å²) in [6.45, 7) is 8.01. The zero-order valence-electron chi connectivity index (χ0n) is 12.4. The summed E-state index contributed by atoms with van der Waals surface area (Å²) < 4.78 is 0. The first-order chi connectivity index (χ1) is 8.99. The SMILES string of the molecule is CC1CN(C)C(C)CC1N[C@@H](C)c1ccccc1Cl. The van der Waals surface area contributed by atoms with Crippen molar-refractivity contribution in [1.82, 2.24) is 10.2 Å². The van der Waals surface area contributed by atoms with Crippen LogP contribution in [0, 0.1) is 5.92 Å². The summed E-state index contributed by atoms with van der Waals surface area (Å²) in [6.07, 6.45) is 1.20. The molecule has 0 saturated carbocycles. The Morgan fingerprint density at radius 2 is 2.00 bits per heavy atom. The molecule has 19 heavy (non-hydrogen) atoms. The van der Waals surface area contributed by atoms with Crippen LogP contribution in [0.5, 0.6) is 0 Å². The van der Waals surface area contributed by atoms with Gasteiger partial charge in [0.15, 0.2) is 0 Å². The molecule has 1 aliphatic rings. The number of piperidine rings is 1. The Morgan fingerprint density at radius 3 is 2.68 bits per heavy atom. The maximum atomic E-state index is 6.28. The number of halogens is 1. The third-order valence-corrected chi connectivity index (χ3v) is 4.79. The van der Waals surface area contributed by atoms with Gasteiger partial charge in [0, 0.05) is 29.7 Å². The van der Waals surface area contributed by atoms with Crippen LogP contribution in [-0.4, -0.2) is 30.6 Å². The van der Waals surface area contributed by atoms with E-state index in [4.69, 9.17) is 11.6 Å². The molecule has 0 amide bonds. The molecule has 1 aromatic carbocycles. The topological polar surface area (TPSA) is 15.3 Å². The van der Waals surface area contributed by atoms with Gasteiger partial charge in [0.25, 0.3) is 0 Å². The van der Waals surface area contributed by atoms with Crippen LogP contribution in [0.25, 0.3) is 0 Å². The van der Waals surface area contributed by atoms with Crippen LogP contribution in [0.2, 0.25) is 5.02 Å². The summed E-state index contributed by atoms with van der Waals surface area (Å²) in [7, 11) is 2.22. The minimum absolute atomic E-state index is 0.303. The summed E-state index contributed by atoms with van der Waals surface area (Å²) in [5.74, 6) is 0.672. The smallest absolute Gasteiger partial charge is 0.0453 e. The number of hydrogen-bond donors (Lipinski definition) is 1. The van der Waals surface area contributed by atoms with Gasteiger partial charge in [-0.3, -0.25) is 0 Å². The summed E-state index contributed by atoms with van der Waals surface area (Å²) >= 11 is 6.28. The highest BCUT2D eigenvalue weighted by molar-refractivity contribution is 6.31. The first-order valence-electron chi connectivity index (χ1n) is 7.19.